The Bertz CT molecular complexity index is 284. The topological polar surface area (TPSA) is 24.9 Å². The number of nitrogens with zero attached hydrogens (tertiary/aromatic N) is 1. The van der Waals surface area contributed by atoms with Crippen molar-refractivity contribution in [3.63, 3.8) is 0 Å². The zero-order valence-corrected chi connectivity index (χ0v) is 11.4. The van der Waals surface area contributed by atoms with Gasteiger partial charge in [0.15, 0.2) is 0 Å². The number of hydrogen-bond donors (Lipinski definition) is 1. The van der Waals surface area contributed by atoms with Crippen molar-refractivity contribution < 1.29 is 0 Å². The molecule has 0 aliphatic rings. The largest absolute Gasteiger partial charge is 0.310 e. The molecule has 0 radical (unpaired) electrons. The lowest BCUT2D eigenvalue weighted by Crippen LogP contribution is -2.25. The van der Waals surface area contributed by atoms with Gasteiger partial charge in [0.05, 0.1) is 0 Å². The Balaban J connectivity index is 2.33. The number of nitrogens with one attached hydrogen (secondary N) is 1. The molecule has 0 aliphatic carbocycles. The van der Waals surface area contributed by atoms with E-state index < -0.39 is 0 Å². The highest BCUT2D eigenvalue weighted by Gasteiger charge is 2.09. The van der Waals surface area contributed by atoms with Crippen LogP contribution in [0.15, 0.2) is 24.5 Å². The van der Waals surface area contributed by atoms with E-state index in [-0.39, 0.29) is 0 Å². The van der Waals surface area contributed by atoms with Crippen molar-refractivity contribution in [2.75, 3.05) is 6.54 Å². The fourth-order valence-corrected chi connectivity index (χ4v) is 2.04. The first-order valence-corrected chi connectivity index (χ1v) is 6.91. The minimum atomic E-state index is 0.402. The van der Waals surface area contributed by atoms with E-state index in [9.17, 15) is 0 Å². The highest BCUT2D eigenvalue weighted by Crippen LogP contribution is 2.15. The van der Waals surface area contributed by atoms with Gasteiger partial charge in [-0.05, 0) is 37.4 Å². The summed E-state index contributed by atoms with van der Waals surface area (Å²) in [5.74, 6) is 0.814. The van der Waals surface area contributed by atoms with Crippen molar-refractivity contribution in [1.29, 1.82) is 0 Å². The van der Waals surface area contributed by atoms with Crippen LogP contribution in [0.4, 0.5) is 0 Å². The molecule has 96 valence electrons. The molecule has 17 heavy (non-hydrogen) atoms. The van der Waals surface area contributed by atoms with E-state index in [0.717, 1.165) is 12.5 Å². The van der Waals surface area contributed by atoms with Crippen LogP contribution in [0.5, 0.6) is 0 Å². The molecule has 1 rings (SSSR count). The van der Waals surface area contributed by atoms with Crippen LogP contribution in [0.2, 0.25) is 0 Å². The second-order valence-corrected chi connectivity index (χ2v) is 4.83. The Hall–Kier alpha value is -0.890. The smallest absolute Gasteiger partial charge is 0.0315 e. The molecule has 1 heterocycles. The molecule has 0 saturated carbocycles. The van der Waals surface area contributed by atoms with Gasteiger partial charge in [-0.15, -0.1) is 0 Å². The van der Waals surface area contributed by atoms with E-state index in [4.69, 9.17) is 0 Å². The summed E-state index contributed by atoms with van der Waals surface area (Å²) in [5, 5.41) is 3.62. The molecule has 1 N–H and O–H groups in total. The molecule has 0 aliphatic heterocycles. The lowest BCUT2D eigenvalue weighted by molar-refractivity contribution is 0.398. The molecular weight excluding hydrogens is 208 g/mol. The molecule has 0 spiro atoms. The standard InChI is InChI=1S/C15H26N2/c1-4-6-8-14(5-2)11-17-13(3)15-9-7-10-16-12-15/h7,9-10,12-14,17H,4-6,8,11H2,1-3H3/t13-,14?/m0/s1. The van der Waals surface area contributed by atoms with Crippen LogP contribution in [0.3, 0.4) is 0 Å². The highest BCUT2D eigenvalue weighted by atomic mass is 14.9. The molecule has 0 saturated heterocycles. The normalized spacial score (nSPS) is 14.5. The average Bonchev–Trinajstić information content (AvgIpc) is 2.39. The zero-order chi connectivity index (χ0) is 12.5. The van der Waals surface area contributed by atoms with Crippen LogP contribution in [-0.2, 0) is 0 Å². The Morgan fingerprint density at radius 2 is 2.18 bits per heavy atom. The molecule has 0 bridgehead atoms. The Morgan fingerprint density at radius 1 is 1.35 bits per heavy atom. The van der Waals surface area contributed by atoms with Crippen molar-refractivity contribution in [1.82, 2.24) is 10.3 Å². The second kappa shape index (κ2) is 8.24. The number of pyridine rings is 1. The molecule has 0 amide bonds. The fraction of sp³-hybridized carbons (Fsp3) is 0.667. The van der Waals surface area contributed by atoms with Gasteiger partial charge < -0.3 is 5.32 Å². The maximum absolute atomic E-state index is 4.16. The molecular formula is C15H26N2. The Morgan fingerprint density at radius 3 is 2.76 bits per heavy atom. The molecule has 2 atom stereocenters. The van der Waals surface area contributed by atoms with Gasteiger partial charge in [-0.2, -0.15) is 0 Å². The van der Waals surface area contributed by atoms with E-state index in [1.165, 1.54) is 31.2 Å². The van der Waals surface area contributed by atoms with Crippen LogP contribution >= 0.6 is 0 Å². The third kappa shape index (κ3) is 5.31. The lowest BCUT2D eigenvalue weighted by Gasteiger charge is -2.19. The maximum atomic E-state index is 4.16. The van der Waals surface area contributed by atoms with Crippen molar-refractivity contribution in [2.45, 2.75) is 52.5 Å². The van der Waals surface area contributed by atoms with E-state index in [1.54, 1.807) is 0 Å². The Kier molecular flexibility index (Phi) is 6.87. The number of unbranched alkanes of at least 4 members (excludes halogenated alkanes) is 1. The lowest BCUT2D eigenvalue weighted by atomic mass is 9.98. The van der Waals surface area contributed by atoms with Gasteiger partial charge in [0.25, 0.3) is 0 Å². The van der Waals surface area contributed by atoms with Crippen LogP contribution in [-0.4, -0.2) is 11.5 Å². The van der Waals surface area contributed by atoms with Gasteiger partial charge in [0.1, 0.15) is 0 Å². The van der Waals surface area contributed by atoms with Crippen LogP contribution < -0.4 is 5.32 Å². The molecule has 0 aromatic carbocycles. The second-order valence-electron chi connectivity index (χ2n) is 4.83. The predicted molar refractivity (Wildman–Crippen MR) is 74.0 cm³/mol. The summed E-state index contributed by atoms with van der Waals surface area (Å²) in [6.45, 7) is 7.88. The van der Waals surface area contributed by atoms with Gasteiger partial charge in [-0.3, -0.25) is 4.98 Å². The van der Waals surface area contributed by atoms with Gasteiger partial charge in [0, 0.05) is 18.4 Å². The first kappa shape index (κ1) is 14.2. The summed E-state index contributed by atoms with van der Waals surface area (Å²) in [5.41, 5.74) is 1.28. The molecule has 2 nitrogen and oxygen atoms in total. The fourth-order valence-electron chi connectivity index (χ4n) is 2.04. The summed E-state index contributed by atoms with van der Waals surface area (Å²) >= 11 is 0. The van der Waals surface area contributed by atoms with Gasteiger partial charge in [0.2, 0.25) is 0 Å². The molecule has 0 fully saturated rings. The third-order valence-corrected chi connectivity index (χ3v) is 3.44. The maximum Gasteiger partial charge on any atom is 0.0315 e. The number of rotatable bonds is 8. The first-order chi connectivity index (χ1) is 8.27. The van der Waals surface area contributed by atoms with Crippen molar-refractivity contribution in [3.05, 3.63) is 30.1 Å². The molecule has 1 aromatic rings. The number of aromatic nitrogens is 1. The van der Waals surface area contributed by atoms with Gasteiger partial charge in [-0.1, -0.05) is 39.2 Å². The van der Waals surface area contributed by atoms with E-state index >= 15 is 0 Å². The van der Waals surface area contributed by atoms with Crippen LogP contribution in [0.1, 0.15) is 58.1 Å². The average molecular weight is 234 g/mol. The molecule has 1 unspecified atom stereocenters. The number of hydrogen-bond acceptors (Lipinski definition) is 2. The quantitative estimate of drug-likeness (QED) is 0.736. The summed E-state index contributed by atoms with van der Waals surface area (Å²) in [6, 6.07) is 4.54. The first-order valence-electron chi connectivity index (χ1n) is 6.91. The van der Waals surface area contributed by atoms with Gasteiger partial charge in [-0.25, -0.2) is 0 Å². The van der Waals surface area contributed by atoms with E-state index in [2.05, 4.69) is 37.1 Å². The Labute approximate surface area is 106 Å². The summed E-state index contributed by atoms with van der Waals surface area (Å²) in [4.78, 5) is 4.16. The zero-order valence-electron chi connectivity index (χ0n) is 11.4. The molecule has 2 heteroatoms. The van der Waals surface area contributed by atoms with E-state index in [0.29, 0.717) is 6.04 Å². The SMILES string of the molecule is CCCCC(CC)CN[C@@H](C)c1cccnc1. The molecule has 1 aromatic heterocycles. The van der Waals surface area contributed by atoms with Crippen molar-refractivity contribution in [2.24, 2.45) is 5.92 Å². The summed E-state index contributed by atoms with van der Waals surface area (Å²) in [7, 11) is 0. The van der Waals surface area contributed by atoms with Crippen LogP contribution in [0.25, 0.3) is 0 Å². The monoisotopic (exact) mass is 234 g/mol. The van der Waals surface area contributed by atoms with Gasteiger partial charge >= 0.3 is 0 Å². The van der Waals surface area contributed by atoms with Crippen molar-refractivity contribution >= 4 is 0 Å². The van der Waals surface area contributed by atoms with Crippen molar-refractivity contribution in [3.8, 4) is 0 Å². The minimum absolute atomic E-state index is 0.402. The summed E-state index contributed by atoms with van der Waals surface area (Å²) < 4.78 is 0. The van der Waals surface area contributed by atoms with Crippen LogP contribution in [0, 0.1) is 5.92 Å². The van der Waals surface area contributed by atoms with E-state index in [1.807, 2.05) is 18.5 Å². The minimum Gasteiger partial charge on any atom is -0.310 e. The third-order valence-electron chi connectivity index (χ3n) is 3.44. The summed E-state index contributed by atoms with van der Waals surface area (Å²) in [6.07, 6.45) is 9.04. The highest BCUT2D eigenvalue weighted by molar-refractivity contribution is 5.12. The predicted octanol–water partition coefficient (Wildman–Crippen LogP) is 3.95.